The number of hydrogen-bond donors (Lipinski definition) is 7. The van der Waals surface area contributed by atoms with E-state index in [1.165, 1.54) is 0 Å². The van der Waals surface area contributed by atoms with Crippen LogP contribution < -0.4 is 0 Å². The number of carbonyl (C=O) groups is 2. The van der Waals surface area contributed by atoms with Gasteiger partial charge in [-0.05, 0) is 0 Å². The first-order valence-corrected chi connectivity index (χ1v) is 4.54. The van der Waals surface area contributed by atoms with Gasteiger partial charge in [0.15, 0.2) is 12.2 Å². The Balaban J connectivity index is 4.43. The third-order valence-electron chi connectivity index (χ3n) is 2.07. The van der Waals surface area contributed by atoms with E-state index in [9.17, 15) is 19.8 Å². The second kappa shape index (κ2) is 6.47. The van der Waals surface area contributed by atoms with Gasteiger partial charge in [-0.2, -0.15) is 0 Å². The molecule has 5 unspecified atom stereocenters. The van der Waals surface area contributed by atoms with Crippen LogP contribution in [0.2, 0.25) is 0 Å². The van der Waals surface area contributed by atoms with Crippen LogP contribution in [0.25, 0.3) is 0 Å². The maximum atomic E-state index is 10.3. The molecule has 0 aliphatic carbocycles. The number of carboxylic acids is 2. The monoisotopic (exact) mass is 254 g/mol. The van der Waals surface area contributed by atoms with Gasteiger partial charge in [0.2, 0.25) is 0 Å². The molecule has 9 heteroatoms. The quantitative estimate of drug-likeness (QED) is 0.241. The highest BCUT2D eigenvalue weighted by Gasteiger charge is 2.35. The first-order chi connectivity index (χ1) is 7.68. The zero-order valence-corrected chi connectivity index (χ0v) is 8.54. The Morgan fingerprint density at radius 1 is 0.824 bits per heavy atom. The van der Waals surface area contributed by atoms with Crippen molar-refractivity contribution in [3.63, 3.8) is 0 Å². The fraction of sp³-hybridized carbons (Fsp3) is 0.750. The average Bonchev–Trinajstić information content (AvgIpc) is 2.25. The number of aliphatic hydroxyl groups is 5. The fourth-order valence-corrected chi connectivity index (χ4v) is 1.03. The molecule has 0 heterocycles. The summed E-state index contributed by atoms with van der Waals surface area (Å²) in [5, 5.41) is 61.8. The molecule has 0 aromatic carbocycles. The van der Waals surface area contributed by atoms with Crippen LogP contribution in [0.1, 0.15) is 6.42 Å². The van der Waals surface area contributed by atoms with Crippen molar-refractivity contribution in [3.05, 3.63) is 0 Å². The van der Waals surface area contributed by atoms with Crippen molar-refractivity contribution in [1.82, 2.24) is 0 Å². The lowest BCUT2D eigenvalue weighted by atomic mass is 9.99. The minimum atomic E-state index is -2.33. The van der Waals surface area contributed by atoms with Gasteiger partial charge >= 0.3 is 11.9 Å². The summed E-state index contributed by atoms with van der Waals surface area (Å²) in [6.45, 7) is 0. The molecule has 0 bridgehead atoms. The van der Waals surface area contributed by atoms with Crippen LogP contribution >= 0.6 is 0 Å². The lowest BCUT2D eigenvalue weighted by Crippen LogP contribution is -2.48. The molecule has 0 fully saturated rings. The Morgan fingerprint density at radius 3 is 1.65 bits per heavy atom. The molecule has 100 valence electrons. The van der Waals surface area contributed by atoms with Gasteiger partial charge < -0.3 is 35.7 Å². The summed E-state index contributed by atoms with van der Waals surface area (Å²) in [6, 6.07) is 0. The van der Waals surface area contributed by atoms with E-state index in [-0.39, 0.29) is 0 Å². The van der Waals surface area contributed by atoms with Gasteiger partial charge in [-0.25, -0.2) is 9.59 Å². The summed E-state index contributed by atoms with van der Waals surface area (Å²) in [5.41, 5.74) is 0. The van der Waals surface area contributed by atoms with E-state index in [4.69, 9.17) is 25.5 Å². The molecule has 0 amide bonds. The van der Waals surface area contributed by atoms with E-state index in [1.54, 1.807) is 0 Å². The summed E-state index contributed by atoms with van der Waals surface area (Å²) in [4.78, 5) is 20.5. The Bertz CT molecular complexity index is 278. The predicted molar refractivity (Wildman–Crippen MR) is 49.9 cm³/mol. The number of carboxylic acid groups (broad SMARTS) is 2. The van der Waals surface area contributed by atoms with Crippen LogP contribution in [0.5, 0.6) is 0 Å². The molecule has 0 aliphatic rings. The Hall–Kier alpha value is -1.26. The molecule has 0 saturated heterocycles. The molecule has 9 nitrogen and oxygen atoms in total. The van der Waals surface area contributed by atoms with Crippen molar-refractivity contribution in [1.29, 1.82) is 0 Å². The standard InChI is InChI=1S/C8H14O9/c9-2(1-3(10)7(14)15)4(11)5(12)6(13)8(16)17/h2-6,9-13H,1H2,(H,14,15)(H,16,17). The number of rotatable bonds is 7. The molecule has 0 aliphatic heterocycles. The van der Waals surface area contributed by atoms with Crippen molar-refractivity contribution >= 4 is 11.9 Å². The molecule has 0 aromatic rings. The third kappa shape index (κ3) is 4.63. The normalized spacial score (nSPS) is 20.1. The van der Waals surface area contributed by atoms with Crippen molar-refractivity contribution in [2.75, 3.05) is 0 Å². The zero-order valence-electron chi connectivity index (χ0n) is 8.54. The molecule has 0 rings (SSSR count). The van der Waals surface area contributed by atoms with E-state index >= 15 is 0 Å². The number of aliphatic hydroxyl groups excluding tert-OH is 5. The fourth-order valence-electron chi connectivity index (χ4n) is 1.03. The van der Waals surface area contributed by atoms with Gasteiger partial charge in [0.1, 0.15) is 12.2 Å². The zero-order chi connectivity index (χ0) is 13.7. The summed E-state index contributed by atoms with van der Waals surface area (Å²) in [7, 11) is 0. The van der Waals surface area contributed by atoms with E-state index in [0.717, 1.165) is 0 Å². The first kappa shape index (κ1) is 15.7. The second-order valence-corrected chi connectivity index (χ2v) is 3.42. The Morgan fingerprint density at radius 2 is 1.29 bits per heavy atom. The van der Waals surface area contributed by atoms with Crippen molar-refractivity contribution in [2.24, 2.45) is 0 Å². The smallest absolute Gasteiger partial charge is 0.335 e. The van der Waals surface area contributed by atoms with Crippen molar-refractivity contribution in [3.8, 4) is 0 Å². The highest BCUT2D eigenvalue weighted by molar-refractivity contribution is 5.73. The van der Waals surface area contributed by atoms with E-state index < -0.39 is 48.9 Å². The Kier molecular flexibility index (Phi) is 5.99. The number of aliphatic carboxylic acids is 2. The topological polar surface area (TPSA) is 176 Å². The third-order valence-corrected chi connectivity index (χ3v) is 2.07. The van der Waals surface area contributed by atoms with Gasteiger partial charge in [-0.15, -0.1) is 0 Å². The highest BCUT2D eigenvalue weighted by atomic mass is 16.4. The van der Waals surface area contributed by atoms with Crippen molar-refractivity contribution in [2.45, 2.75) is 36.9 Å². The molecule has 0 spiro atoms. The average molecular weight is 254 g/mol. The molecule has 0 saturated carbocycles. The van der Waals surface area contributed by atoms with E-state index in [2.05, 4.69) is 0 Å². The van der Waals surface area contributed by atoms with Crippen molar-refractivity contribution < 1.29 is 45.3 Å². The molecular weight excluding hydrogens is 240 g/mol. The SMILES string of the molecule is O=C(O)C(O)CC(O)C(O)C(O)C(O)C(=O)O. The highest BCUT2D eigenvalue weighted by Crippen LogP contribution is 2.10. The van der Waals surface area contributed by atoms with Crippen LogP contribution in [-0.2, 0) is 9.59 Å². The molecule has 7 N–H and O–H groups in total. The van der Waals surface area contributed by atoms with Crippen LogP contribution in [0.4, 0.5) is 0 Å². The summed E-state index contributed by atoms with van der Waals surface area (Å²) < 4.78 is 0. The summed E-state index contributed by atoms with van der Waals surface area (Å²) in [5.74, 6) is -3.47. The molecule has 0 aromatic heterocycles. The summed E-state index contributed by atoms with van der Waals surface area (Å²) >= 11 is 0. The Labute approximate surface area is 95.2 Å². The van der Waals surface area contributed by atoms with Crippen LogP contribution in [0.15, 0.2) is 0 Å². The van der Waals surface area contributed by atoms with Gasteiger partial charge in [-0.1, -0.05) is 0 Å². The minimum Gasteiger partial charge on any atom is -0.479 e. The van der Waals surface area contributed by atoms with E-state index in [1.807, 2.05) is 0 Å². The predicted octanol–water partition coefficient (Wildman–Crippen LogP) is -3.65. The van der Waals surface area contributed by atoms with Gasteiger partial charge in [0, 0.05) is 6.42 Å². The molecule has 5 atom stereocenters. The van der Waals surface area contributed by atoms with Crippen LogP contribution in [0.3, 0.4) is 0 Å². The minimum absolute atomic E-state index is 0.820. The van der Waals surface area contributed by atoms with E-state index in [0.29, 0.717) is 0 Å². The number of hydrogen-bond acceptors (Lipinski definition) is 7. The second-order valence-electron chi connectivity index (χ2n) is 3.42. The largest absolute Gasteiger partial charge is 0.479 e. The lowest BCUT2D eigenvalue weighted by molar-refractivity contribution is -0.166. The maximum Gasteiger partial charge on any atom is 0.335 e. The molecule has 0 radical (unpaired) electrons. The van der Waals surface area contributed by atoms with Gasteiger partial charge in [0.25, 0.3) is 0 Å². The maximum absolute atomic E-state index is 10.3. The summed E-state index contributed by atoms with van der Waals surface area (Å²) in [6.07, 6.45) is -11.3. The first-order valence-electron chi connectivity index (χ1n) is 4.54. The molecule has 17 heavy (non-hydrogen) atoms. The van der Waals surface area contributed by atoms with Gasteiger partial charge in [-0.3, -0.25) is 0 Å². The van der Waals surface area contributed by atoms with Gasteiger partial charge in [0.05, 0.1) is 6.10 Å². The molecular formula is C8H14O9. The van der Waals surface area contributed by atoms with Crippen LogP contribution in [-0.4, -0.2) is 78.2 Å². The lowest BCUT2D eigenvalue weighted by Gasteiger charge is -2.25. The van der Waals surface area contributed by atoms with Crippen LogP contribution in [0, 0.1) is 0 Å².